The van der Waals surface area contributed by atoms with Crippen molar-refractivity contribution in [2.24, 2.45) is 0 Å². The third-order valence-corrected chi connectivity index (χ3v) is 2.34. The maximum absolute atomic E-state index is 13.0. The molecule has 0 atom stereocenters. The van der Waals surface area contributed by atoms with Gasteiger partial charge in [-0.2, -0.15) is 4.98 Å². The molecule has 1 heterocycles. The number of halogens is 4. The number of pyridine rings is 1. The molecular formula is C12H13F4NO4. The van der Waals surface area contributed by atoms with E-state index in [2.05, 4.69) is 9.72 Å². The summed E-state index contributed by atoms with van der Waals surface area (Å²) >= 11 is 0. The molecule has 1 rings (SSSR count). The van der Waals surface area contributed by atoms with Gasteiger partial charge in [-0.25, -0.2) is 4.39 Å². The first kappa shape index (κ1) is 17.0. The van der Waals surface area contributed by atoms with E-state index < -0.39 is 24.9 Å². The Morgan fingerprint density at radius 1 is 1.38 bits per heavy atom. The second-order valence-corrected chi connectivity index (χ2v) is 3.77. The number of aromatic nitrogens is 1. The molecule has 0 aliphatic carbocycles. The molecule has 1 aromatic heterocycles. The molecule has 9 heteroatoms. The number of carbonyl (C=O) groups is 1. The van der Waals surface area contributed by atoms with Gasteiger partial charge in [-0.1, -0.05) is 0 Å². The number of alkyl halides is 4. The topological polar surface area (TPSA) is 57.7 Å². The van der Waals surface area contributed by atoms with Crippen molar-refractivity contribution in [3.63, 3.8) is 0 Å². The zero-order valence-electron chi connectivity index (χ0n) is 11.3. The average molecular weight is 311 g/mol. The smallest absolute Gasteiger partial charge is 0.481 e. The van der Waals surface area contributed by atoms with Crippen molar-refractivity contribution in [3.8, 4) is 11.8 Å². The first-order valence-corrected chi connectivity index (χ1v) is 5.84. The van der Waals surface area contributed by atoms with Crippen LogP contribution in [0.2, 0.25) is 0 Å². The lowest BCUT2D eigenvalue weighted by molar-refractivity contribution is -0.276. The molecule has 0 radical (unpaired) electrons. The maximum Gasteiger partial charge on any atom is 0.574 e. The largest absolute Gasteiger partial charge is 0.574 e. The van der Waals surface area contributed by atoms with E-state index in [1.807, 2.05) is 0 Å². The number of hydrogen-bond donors (Lipinski definition) is 0. The number of carbonyl (C=O) groups excluding carboxylic acids is 1. The Morgan fingerprint density at radius 3 is 2.52 bits per heavy atom. The van der Waals surface area contributed by atoms with Crippen LogP contribution in [0.15, 0.2) is 6.07 Å². The molecule has 0 bridgehead atoms. The highest BCUT2D eigenvalue weighted by molar-refractivity contribution is 5.74. The number of esters is 1. The fourth-order valence-electron chi connectivity index (χ4n) is 1.58. The maximum atomic E-state index is 13.0. The third-order valence-electron chi connectivity index (χ3n) is 2.34. The highest BCUT2D eigenvalue weighted by atomic mass is 19.4. The van der Waals surface area contributed by atoms with Gasteiger partial charge in [0.1, 0.15) is 6.67 Å². The molecule has 0 saturated heterocycles. The number of hydrogen-bond acceptors (Lipinski definition) is 5. The van der Waals surface area contributed by atoms with E-state index in [1.54, 1.807) is 6.92 Å². The summed E-state index contributed by atoms with van der Waals surface area (Å²) in [6, 6.07) is 0.768. The third kappa shape index (κ3) is 5.09. The second kappa shape index (κ2) is 7.09. The Hall–Kier alpha value is -2.06. The van der Waals surface area contributed by atoms with Crippen LogP contribution in [0.1, 0.15) is 18.1 Å². The Bertz CT molecular complexity index is 480. The molecule has 0 aliphatic rings. The van der Waals surface area contributed by atoms with E-state index in [1.165, 1.54) is 0 Å². The van der Waals surface area contributed by atoms with Crippen molar-refractivity contribution >= 4 is 5.97 Å². The van der Waals surface area contributed by atoms with Crippen LogP contribution in [-0.2, 0) is 22.6 Å². The van der Waals surface area contributed by atoms with E-state index in [-0.39, 0.29) is 30.0 Å². The minimum atomic E-state index is -4.96. The van der Waals surface area contributed by atoms with Crippen LogP contribution in [-0.4, -0.2) is 31.0 Å². The lowest BCUT2D eigenvalue weighted by Crippen LogP contribution is -2.19. The predicted molar refractivity (Wildman–Crippen MR) is 62.6 cm³/mol. The molecule has 5 nitrogen and oxygen atoms in total. The molecular weight excluding hydrogens is 298 g/mol. The Balaban J connectivity index is 3.15. The van der Waals surface area contributed by atoms with Crippen LogP contribution in [0.25, 0.3) is 0 Å². The Morgan fingerprint density at radius 2 is 2.05 bits per heavy atom. The van der Waals surface area contributed by atoms with Gasteiger partial charge in [0.2, 0.25) is 11.8 Å². The summed E-state index contributed by atoms with van der Waals surface area (Å²) in [7, 11) is 1.14. The SMILES string of the molecule is CCOC(=O)Cc1c(CF)cc(OC(F)(F)F)nc1OC. The highest BCUT2D eigenvalue weighted by Gasteiger charge is 2.32. The normalized spacial score (nSPS) is 11.1. The first-order valence-electron chi connectivity index (χ1n) is 5.84. The predicted octanol–water partition coefficient (Wildman–Crippen LogP) is 2.56. The van der Waals surface area contributed by atoms with Crippen LogP contribution in [0.5, 0.6) is 11.8 Å². The quantitative estimate of drug-likeness (QED) is 0.597. The van der Waals surface area contributed by atoms with Crippen LogP contribution in [0.4, 0.5) is 17.6 Å². The van der Waals surface area contributed by atoms with Gasteiger partial charge in [0.05, 0.1) is 20.1 Å². The molecule has 0 unspecified atom stereocenters. The van der Waals surface area contributed by atoms with Gasteiger partial charge in [-0.15, -0.1) is 13.2 Å². The van der Waals surface area contributed by atoms with Crippen molar-refractivity contribution in [2.45, 2.75) is 26.4 Å². The van der Waals surface area contributed by atoms with E-state index in [0.717, 1.165) is 13.2 Å². The van der Waals surface area contributed by atoms with E-state index in [0.29, 0.717) is 0 Å². The minimum absolute atomic E-state index is 0.0213. The Labute approximate surface area is 117 Å². The summed E-state index contributed by atoms with van der Waals surface area (Å²) in [6.45, 7) is 0.598. The van der Waals surface area contributed by atoms with Gasteiger partial charge in [-0.3, -0.25) is 4.79 Å². The molecule has 0 saturated carbocycles. The van der Waals surface area contributed by atoms with Crippen molar-refractivity contribution in [3.05, 3.63) is 17.2 Å². The van der Waals surface area contributed by atoms with Crippen LogP contribution >= 0.6 is 0 Å². The first-order chi connectivity index (χ1) is 9.80. The number of rotatable bonds is 6. The van der Waals surface area contributed by atoms with Crippen LogP contribution in [0.3, 0.4) is 0 Å². The molecule has 118 valence electrons. The van der Waals surface area contributed by atoms with Gasteiger partial charge in [-0.05, 0) is 12.5 Å². The van der Waals surface area contributed by atoms with Gasteiger partial charge < -0.3 is 14.2 Å². The summed E-state index contributed by atoms with van der Waals surface area (Å²) in [5.41, 5.74) is -0.165. The number of ether oxygens (including phenoxy) is 3. The van der Waals surface area contributed by atoms with Gasteiger partial charge in [0.25, 0.3) is 0 Å². The van der Waals surface area contributed by atoms with Crippen molar-refractivity contribution in [2.75, 3.05) is 13.7 Å². The zero-order valence-corrected chi connectivity index (χ0v) is 11.3. The molecule has 0 N–H and O–H groups in total. The summed E-state index contributed by atoms with van der Waals surface area (Å²) in [5.74, 6) is -1.85. The minimum Gasteiger partial charge on any atom is -0.481 e. The lowest BCUT2D eigenvalue weighted by Gasteiger charge is -2.14. The van der Waals surface area contributed by atoms with Gasteiger partial charge in [0, 0.05) is 11.6 Å². The van der Waals surface area contributed by atoms with Crippen LogP contribution < -0.4 is 9.47 Å². The molecule has 0 aromatic carbocycles. The zero-order chi connectivity index (χ0) is 16.0. The fourth-order valence-corrected chi connectivity index (χ4v) is 1.58. The highest BCUT2D eigenvalue weighted by Crippen LogP contribution is 2.29. The van der Waals surface area contributed by atoms with Crippen molar-refractivity contribution in [1.82, 2.24) is 4.98 Å². The summed E-state index contributed by atoms with van der Waals surface area (Å²) < 4.78 is 62.5. The molecule has 21 heavy (non-hydrogen) atoms. The molecule has 0 fully saturated rings. The Kier molecular flexibility index (Phi) is 5.74. The molecule has 0 spiro atoms. The van der Waals surface area contributed by atoms with Crippen molar-refractivity contribution in [1.29, 1.82) is 0 Å². The summed E-state index contributed by atoms with van der Waals surface area (Å²) in [4.78, 5) is 14.9. The van der Waals surface area contributed by atoms with E-state index in [9.17, 15) is 22.4 Å². The van der Waals surface area contributed by atoms with Crippen LogP contribution in [0, 0.1) is 0 Å². The number of methoxy groups -OCH3 is 1. The number of nitrogens with zero attached hydrogens (tertiary/aromatic N) is 1. The standard InChI is InChI=1S/C12H13F4NO4/c1-3-20-10(18)5-8-7(6-13)4-9(17-11(8)19-2)21-12(14,15)16/h4H,3,5-6H2,1-2H3. The molecule has 1 aromatic rings. The van der Waals surface area contributed by atoms with Crippen molar-refractivity contribution < 1.29 is 36.6 Å². The van der Waals surface area contributed by atoms with E-state index in [4.69, 9.17) is 9.47 Å². The molecule has 0 amide bonds. The fraction of sp³-hybridized carbons (Fsp3) is 0.500. The monoisotopic (exact) mass is 311 g/mol. The average Bonchev–Trinajstić information content (AvgIpc) is 2.38. The van der Waals surface area contributed by atoms with Gasteiger partial charge >= 0.3 is 12.3 Å². The summed E-state index contributed by atoms with van der Waals surface area (Å²) in [6.07, 6.45) is -5.33. The van der Waals surface area contributed by atoms with E-state index >= 15 is 0 Å². The summed E-state index contributed by atoms with van der Waals surface area (Å²) in [5, 5.41) is 0. The molecule has 0 aliphatic heterocycles. The second-order valence-electron chi connectivity index (χ2n) is 3.77. The lowest BCUT2D eigenvalue weighted by atomic mass is 10.1. The van der Waals surface area contributed by atoms with Gasteiger partial charge in [0.15, 0.2) is 0 Å².